The van der Waals surface area contributed by atoms with Crippen LogP contribution in [0, 0.1) is 0 Å². The maximum Gasteiger partial charge on any atom is 0.123 e. The molecule has 1 aliphatic heterocycles. The van der Waals surface area contributed by atoms with E-state index in [0.29, 0.717) is 6.04 Å². The Hall–Kier alpha value is -1.02. The number of hydrogen-bond acceptors (Lipinski definition) is 2. The standard InChI is InChI=1S/C14H21NO/c1-10(2)15-8-11-5-6-13-12(7-11)14(3,4)9-16-13/h5-7,10,15H,8-9H2,1-4H3. The fourth-order valence-corrected chi connectivity index (χ4v) is 2.00. The predicted molar refractivity (Wildman–Crippen MR) is 66.9 cm³/mol. The molecule has 0 spiro atoms. The molecule has 0 fully saturated rings. The minimum atomic E-state index is 0.156. The first kappa shape index (κ1) is 11.5. The van der Waals surface area contributed by atoms with Gasteiger partial charge in [-0.2, -0.15) is 0 Å². The van der Waals surface area contributed by atoms with E-state index >= 15 is 0 Å². The van der Waals surface area contributed by atoms with E-state index in [0.717, 1.165) is 18.9 Å². The van der Waals surface area contributed by atoms with Gasteiger partial charge in [0.05, 0.1) is 6.61 Å². The molecule has 0 saturated carbocycles. The third-order valence-electron chi connectivity index (χ3n) is 3.08. The Kier molecular flexibility index (Phi) is 2.94. The molecule has 2 heteroatoms. The molecule has 1 heterocycles. The molecule has 0 bridgehead atoms. The number of hydrogen-bond donors (Lipinski definition) is 1. The summed E-state index contributed by atoms with van der Waals surface area (Å²) in [6.07, 6.45) is 0. The normalized spacial score (nSPS) is 17.3. The highest BCUT2D eigenvalue weighted by Gasteiger charge is 2.31. The van der Waals surface area contributed by atoms with Gasteiger partial charge in [0.15, 0.2) is 0 Å². The van der Waals surface area contributed by atoms with Crippen LogP contribution in [0.4, 0.5) is 0 Å². The molecule has 0 aliphatic carbocycles. The molecule has 0 amide bonds. The van der Waals surface area contributed by atoms with Gasteiger partial charge in [0.2, 0.25) is 0 Å². The molecule has 2 rings (SSSR count). The summed E-state index contributed by atoms with van der Waals surface area (Å²) in [4.78, 5) is 0. The van der Waals surface area contributed by atoms with Crippen molar-refractivity contribution in [3.8, 4) is 5.75 Å². The Labute approximate surface area is 98.0 Å². The van der Waals surface area contributed by atoms with Crippen molar-refractivity contribution in [3.05, 3.63) is 29.3 Å². The number of rotatable bonds is 3. The van der Waals surface area contributed by atoms with Crippen molar-refractivity contribution >= 4 is 0 Å². The summed E-state index contributed by atoms with van der Waals surface area (Å²) in [5.41, 5.74) is 2.84. The van der Waals surface area contributed by atoms with Gasteiger partial charge in [0, 0.05) is 23.6 Å². The average Bonchev–Trinajstić information content (AvgIpc) is 2.52. The second kappa shape index (κ2) is 4.10. The Balaban J connectivity index is 2.19. The highest BCUT2D eigenvalue weighted by atomic mass is 16.5. The summed E-state index contributed by atoms with van der Waals surface area (Å²) in [5.74, 6) is 1.05. The van der Waals surface area contributed by atoms with E-state index in [1.165, 1.54) is 11.1 Å². The first-order valence-electron chi connectivity index (χ1n) is 5.98. The van der Waals surface area contributed by atoms with Crippen LogP contribution >= 0.6 is 0 Å². The maximum absolute atomic E-state index is 5.67. The highest BCUT2D eigenvalue weighted by Crippen LogP contribution is 2.38. The number of ether oxygens (including phenoxy) is 1. The fraction of sp³-hybridized carbons (Fsp3) is 0.571. The lowest BCUT2D eigenvalue weighted by molar-refractivity contribution is 0.291. The molecule has 0 aromatic heterocycles. The third kappa shape index (κ3) is 2.22. The van der Waals surface area contributed by atoms with Crippen LogP contribution in [0.2, 0.25) is 0 Å². The fourth-order valence-electron chi connectivity index (χ4n) is 2.00. The zero-order chi connectivity index (χ0) is 11.8. The molecular weight excluding hydrogens is 198 g/mol. The first-order chi connectivity index (χ1) is 7.49. The van der Waals surface area contributed by atoms with Crippen LogP contribution in [0.3, 0.4) is 0 Å². The van der Waals surface area contributed by atoms with Crippen LogP contribution in [-0.4, -0.2) is 12.6 Å². The van der Waals surface area contributed by atoms with Crippen molar-refractivity contribution < 1.29 is 4.74 Å². The summed E-state index contributed by atoms with van der Waals surface area (Å²) in [6, 6.07) is 7.05. The van der Waals surface area contributed by atoms with Gasteiger partial charge in [0.25, 0.3) is 0 Å². The minimum absolute atomic E-state index is 0.156. The Bertz CT molecular complexity index is 382. The van der Waals surface area contributed by atoms with Crippen LogP contribution in [-0.2, 0) is 12.0 Å². The second-order valence-corrected chi connectivity index (χ2v) is 5.54. The summed E-state index contributed by atoms with van der Waals surface area (Å²) in [6.45, 7) is 10.5. The van der Waals surface area contributed by atoms with E-state index in [1.807, 2.05) is 0 Å². The van der Waals surface area contributed by atoms with Gasteiger partial charge >= 0.3 is 0 Å². The van der Waals surface area contributed by atoms with Crippen molar-refractivity contribution in [1.82, 2.24) is 5.32 Å². The van der Waals surface area contributed by atoms with E-state index < -0.39 is 0 Å². The van der Waals surface area contributed by atoms with E-state index in [1.54, 1.807) is 0 Å². The molecule has 0 atom stereocenters. The van der Waals surface area contributed by atoms with Gasteiger partial charge in [-0.05, 0) is 11.6 Å². The quantitative estimate of drug-likeness (QED) is 0.844. The molecule has 1 aromatic rings. The predicted octanol–water partition coefficient (Wildman–Crippen LogP) is 2.85. The molecule has 2 nitrogen and oxygen atoms in total. The van der Waals surface area contributed by atoms with Crippen LogP contribution in [0.5, 0.6) is 5.75 Å². The van der Waals surface area contributed by atoms with Crippen molar-refractivity contribution in [1.29, 1.82) is 0 Å². The van der Waals surface area contributed by atoms with Crippen LogP contribution in [0.25, 0.3) is 0 Å². The Morgan fingerprint density at radius 2 is 2.12 bits per heavy atom. The van der Waals surface area contributed by atoms with E-state index in [-0.39, 0.29) is 5.41 Å². The maximum atomic E-state index is 5.67. The van der Waals surface area contributed by atoms with Gasteiger partial charge in [-0.3, -0.25) is 0 Å². The average molecular weight is 219 g/mol. The van der Waals surface area contributed by atoms with E-state index in [4.69, 9.17) is 4.74 Å². The Morgan fingerprint density at radius 3 is 2.81 bits per heavy atom. The lowest BCUT2D eigenvalue weighted by Crippen LogP contribution is -2.22. The van der Waals surface area contributed by atoms with Crippen molar-refractivity contribution in [3.63, 3.8) is 0 Å². The van der Waals surface area contributed by atoms with Crippen molar-refractivity contribution in [2.75, 3.05) is 6.61 Å². The van der Waals surface area contributed by atoms with Gasteiger partial charge in [-0.25, -0.2) is 0 Å². The van der Waals surface area contributed by atoms with Gasteiger partial charge in [-0.1, -0.05) is 39.8 Å². The minimum Gasteiger partial charge on any atom is -0.492 e. The molecule has 1 N–H and O–H groups in total. The number of fused-ring (bicyclic) bond motifs is 1. The van der Waals surface area contributed by atoms with E-state index in [9.17, 15) is 0 Å². The van der Waals surface area contributed by atoms with Gasteiger partial charge in [0.1, 0.15) is 5.75 Å². The molecule has 16 heavy (non-hydrogen) atoms. The zero-order valence-electron chi connectivity index (χ0n) is 10.6. The molecule has 1 aliphatic rings. The van der Waals surface area contributed by atoms with Crippen molar-refractivity contribution in [2.45, 2.75) is 45.7 Å². The third-order valence-corrected chi connectivity index (χ3v) is 3.08. The monoisotopic (exact) mass is 219 g/mol. The molecule has 0 saturated heterocycles. The molecule has 0 radical (unpaired) electrons. The molecule has 0 unspecified atom stereocenters. The zero-order valence-corrected chi connectivity index (χ0v) is 10.6. The summed E-state index contributed by atoms with van der Waals surface area (Å²) in [7, 11) is 0. The number of nitrogens with one attached hydrogen (secondary N) is 1. The lowest BCUT2D eigenvalue weighted by Gasteiger charge is -2.16. The summed E-state index contributed by atoms with van der Waals surface area (Å²) in [5, 5.41) is 3.44. The summed E-state index contributed by atoms with van der Waals surface area (Å²) < 4.78 is 5.67. The van der Waals surface area contributed by atoms with E-state index in [2.05, 4.69) is 51.2 Å². The van der Waals surface area contributed by atoms with Crippen LogP contribution in [0.1, 0.15) is 38.8 Å². The number of benzene rings is 1. The van der Waals surface area contributed by atoms with Gasteiger partial charge < -0.3 is 10.1 Å². The highest BCUT2D eigenvalue weighted by molar-refractivity contribution is 5.45. The van der Waals surface area contributed by atoms with Crippen molar-refractivity contribution in [2.24, 2.45) is 0 Å². The molecule has 88 valence electrons. The summed E-state index contributed by atoms with van der Waals surface area (Å²) >= 11 is 0. The SMILES string of the molecule is CC(C)NCc1ccc2c(c1)C(C)(C)CO2. The largest absolute Gasteiger partial charge is 0.492 e. The topological polar surface area (TPSA) is 21.3 Å². The molecular formula is C14H21NO. The van der Waals surface area contributed by atoms with Gasteiger partial charge in [-0.15, -0.1) is 0 Å². The van der Waals surface area contributed by atoms with Crippen LogP contribution < -0.4 is 10.1 Å². The smallest absolute Gasteiger partial charge is 0.123 e. The lowest BCUT2D eigenvalue weighted by atomic mass is 9.86. The molecule has 1 aromatic carbocycles. The second-order valence-electron chi connectivity index (χ2n) is 5.54. The van der Waals surface area contributed by atoms with Crippen LogP contribution in [0.15, 0.2) is 18.2 Å². The first-order valence-corrected chi connectivity index (χ1v) is 5.98. The Morgan fingerprint density at radius 1 is 1.38 bits per heavy atom.